The molecule has 6 heteroatoms. The van der Waals surface area contributed by atoms with Crippen LogP contribution in [0.5, 0.6) is 0 Å². The van der Waals surface area contributed by atoms with Crippen molar-refractivity contribution in [1.29, 1.82) is 0 Å². The Morgan fingerprint density at radius 1 is 1.12 bits per heavy atom. The molecule has 2 N–H and O–H groups in total. The lowest BCUT2D eigenvalue weighted by atomic mass is 10.2. The van der Waals surface area contributed by atoms with Gasteiger partial charge in [0, 0.05) is 6.42 Å². The molecule has 3 rings (SSSR count). The molecule has 0 spiro atoms. The van der Waals surface area contributed by atoms with Gasteiger partial charge in [-0.15, -0.1) is 0 Å². The van der Waals surface area contributed by atoms with Crippen molar-refractivity contribution in [3.05, 3.63) is 70.7 Å². The summed E-state index contributed by atoms with van der Waals surface area (Å²) in [5.41, 5.74) is 4.50. The van der Waals surface area contributed by atoms with Gasteiger partial charge in [0.1, 0.15) is 11.4 Å². The third-order valence-corrected chi connectivity index (χ3v) is 3.67. The van der Waals surface area contributed by atoms with Crippen LogP contribution in [0.15, 0.2) is 64.6 Å². The number of carbonyl (C=O) groups excluding carboxylic acids is 1. The molecular formula is C18H18N4O2. The lowest BCUT2D eigenvalue weighted by molar-refractivity contribution is -0.112. The van der Waals surface area contributed by atoms with Crippen molar-refractivity contribution in [1.82, 2.24) is 9.78 Å². The number of aromatic nitrogens is 2. The van der Waals surface area contributed by atoms with Gasteiger partial charge in [-0.3, -0.25) is 20.1 Å². The number of hydrogen-bond donors (Lipinski definition) is 2. The molecule has 1 aromatic heterocycles. The Kier molecular flexibility index (Phi) is 4.56. The molecular weight excluding hydrogens is 304 g/mol. The number of anilines is 1. The first-order valence-corrected chi connectivity index (χ1v) is 7.72. The van der Waals surface area contributed by atoms with E-state index in [4.69, 9.17) is 0 Å². The van der Waals surface area contributed by atoms with Crippen LogP contribution in [0.2, 0.25) is 0 Å². The summed E-state index contributed by atoms with van der Waals surface area (Å²) in [5.74, 6) is -0.0967. The van der Waals surface area contributed by atoms with Gasteiger partial charge < -0.3 is 0 Å². The molecule has 0 aliphatic heterocycles. The number of aromatic amines is 1. The van der Waals surface area contributed by atoms with E-state index in [1.807, 2.05) is 30.4 Å². The number of Topliss-reactive ketones (excluding diaryl/α,β-unsaturated/α-hetero) is 1. The molecule has 0 radical (unpaired) electrons. The molecule has 1 heterocycles. The van der Waals surface area contributed by atoms with Gasteiger partial charge in [0.25, 0.3) is 5.56 Å². The second-order valence-corrected chi connectivity index (χ2v) is 5.43. The van der Waals surface area contributed by atoms with Crippen molar-refractivity contribution < 1.29 is 4.79 Å². The molecule has 1 aromatic rings. The van der Waals surface area contributed by atoms with Crippen LogP contribution in [0.1, 0.15) is 18.5 Å². The Morgan fingerprint density at radius 2 is 2.00 bits per heavy atom. The zero-order valence-electron chi connectivity index (χ0n) is 13.3. The zero-order valence-corrected chi connectivity index (χ0v) is 13.3. The van der Waals surface area contributed by atoms with Crippen LogP contribution in [0.4, 0.5) is 5.69 Å². The molecule has 0 fully saturated rings. The van der Waals surface area contributed by atoms with E-state index in [2.05, 4.69) is 15.6 Å². The van der Waals surface area contributed by atoms with Gasteiger partial charge >= 0.3 is 0 Å². The molecule has 0 amide bonds. The normalized spacial score (nSPS) is 18.6. The van der Waals surface area contributed by atoms with E-state index in [0.29, 0.717) is 23.5 Å². The highest BCUT2D eigenvalue weighted by atomic mass is 16.1. The van der Waals surface area contributed by atoms with E-state index in [-0.39, 0.29) is 11.3 Å². The van der Waals surface area contributed by atoms with E-state index < -0.39 is 0 Å². The summed E-state index contributed by atoms with van der Waals surface area (Å²) in [6, 6.07) is 0. The lowest BCUT2D eigenvalue weighted by Gasteiger charge is -2.00. The maximum atomic E-state index is 12.6. The molecule has 0 saturated heterocycles. The summed E-state index contributed by atoms with van der Waals surface area (Å²) in [7, 11) is 0. The minimum absolute atomic E-state index is 0.0967. The monoisotopic (exact) mass is 322 g/mol. The first-order chi connectivity index (χ1) is 11.7. The van der Waals surface area contributed by atoms with Gasteiger partial charge in [-0.2, -0.15) is 5.10 Å². The van der Waals surface area contributed by atoms with Crippen LogP contribution in [0.3, 0.4) is 0 Å². The third kappa shape index (κ3) is 3.27. The fraction of sp³-hybridized carbons (Fsp3) is 0.167. The first-order valence-electron chi connectivity index (χ1n) is 7.72. The van der Waals surface area contributed by atoms with E-state index in [0.717, 1.165) is 12.1 Å². The number of hydrazone groups is 1. The average molecular weight is 322 g/mol. The SMILES string of the molecule is Cc1[nH]n(C2=CC=CCC=C2)c(=O)c1NN=C1C=CC=CCC1=O. The standard InChI is InChI=1S/C18H18N4O2/c1-13-17(20-19-15-11-7-4-8-12-16(15)23)18(24)22(21-13)14-9-5-2-3-6-10-14/h2,4-11,20-21H,3,12H2,1H3. The molecule has 0 aromatic carbocycles. The van der Waals surface area contributed by atoms with Crippen molar-refractivity contribution in [3.8, 4) is 0 Å². The first kappa shape index (κ1) is 15.7. The van der Waals surface area contributed by atoms with Crippen molar-refractivity contribution >= 4 is 22.9 Å². The largest absolute Gasteiger partial charge is 0.296 e. The summed E-state index contributed by atoms with van der Waals surface area (Å²) in [6.45, 7) is 1.78. The highest BCUT2D eigenvalue weighted by molar-refractivity contribution is 6.44. The van der Waals surface area contributed by atoms with Gasteiger partial charge in [0.05, 0.1) is 11.4 Å². The van der Waals surface area contributed by atoms with E-state index in [9.17, 15) is 9.59 Å². The summed E-state index contributed by atoms with van der Waals surface area (Å²) < 4.78 is 1.45. The smallest absolute Gasteiger partial charge is 0.293 e. The topological polar surface area (TPSA) is 79.2 Å². The number of ketones is 1. The number of carbonyl (C=O) groups is 1. The molecule has 2 aliphatic carbocycles. The predicted molar refractivity (Wildman–Crippen MR) is 95.9 cm³/mol. The number of H-pyrrole nitrogens is 1. The van der Waals surface area contributed by atoms with Gasteiger partial charge in [0.15, 0.2) is 5.78 Å². The van der Waals surface area contributed by atoms with Crippen LogP contribution >= 0.6 is 0 Å². The van der Waals surface area contributed by atoms with Gasteiger partial charge in [0.2, 0.25) is 0 Å². The van der Waals surface area contributed by atoms with Crippen LogP contribution in [0.25, 0.3) is 5.70 Å². The van der Waals surface area contributed by atoms with E-state index in [1.165, 1.54) is 4.68 Å². The molecule has 0 bridgehead atoms. The summed E-state index contributed by atoms with van der Waals surface area (Å²) in [4.78, 5) is 24.5. The molecule has 0 saturated carbocycles. The highest BCUT2D eigenvalue weighted by Crippen LogP contribution is 2.13. The van der Waals surface area contributed by atoms with Gasteiger partial charge in [-0.25, -0.2) is 4.68 Å². The van der Waals surface area contributed by atoms with Crippen molar-refractivity contribution in [2.24, 2.45) is 5.10 Å². The second kappa shape index (κ2) is 6.95. The highest BCUT2D eigenvalue weighted by Gasteiger charge is 2.14. The zero-order chi connectivity index (χ0) is 16.9. The minimum atomic E-state index is -0.244. The molecule has 24 heavy (non-hydrogen) atoms. The quantitative estimate of drug-likeness (QED) is 0.840. The fourth-order valence-corrected chi connectivity index (χ4v) is 2.39. The Labute approximate surface area is 139 Å². The van der Waals surface area contributed by atoms with Crippen molar-refractivity contribution in [2.45, 2.75) is 19.8 Å². The summed E-state index contributed by atoms with van der Waals surface area (Å²) in [5, 5.41) is 7.12. The van der Waals surface area contributed by atoms with E-state index in [1.54, 1.807) is 31.2 Å². The van der Waals surface area contributed by atoms with Crippen LogP contribution < -0.4 is 11.0 Å². The van der Waals surface area contributed by atoms with Crippen LogP contribution in [0, 0.1) is 6.92 Å². The van der Waals surface area contributed by atoms with Gasteiger partial charge in [-0.1, -0.05) is 36.5 Å². The molecule has 6 nitrogen and oxygen atoms in total. The maximum Gasteiger partial charge on any atom is 0.296 e. The Hall–Kier alpha value is -3.15. The molecule has 2 aliphatic rings. The summed E-state index contributed by atoms with van der Waals surface area (Å²) >= 11 is 0. The molecule has 122 valence electrons. The molecule has 0 atom stereocenters. The number of rotatable bonds is 3. The molecule has 0 unspecified atom stereocenters. The van der Waals surface area contributed by atoms with Crippen molar-refractivity contribution in [2.75, 3.05) is 5.43 Å². The number of nitrogens with zero attached hydrogens (tertiary/aromatic N) is 2. The van der Waals surface area contributed by atoms with Crippen LogP contribution in [-0.2, 0) is 4.79 Å². The Balaban J connectivity index is 1.90. The number of allylic oxidation sites excluding steroid dienone is 10. The Bertz CT molecular complexity index is 889. The number of aryl methyl sites for hydroxylation is 1. The van der Waals surface area contributed by atoms with Crippen LogP contribution in [-0.4, -0.2) is 21.3 Å². The fourth-order valence-electron chi connectivity index (χ4n) is 2.39. The number of nitrogens with one attached hydrogen (secondary N) is 2. The second-order valence-electron chi connectivity index (χ2n) is 5.43. The lowest BCUT2D eigenvalue weighted by Crippen LogP contribution is -2.18. The third-order valence-electron chi connectivity index (χ3n) is 3.67. The van der Waals surface area contributed by atoms with Gasteiger partial charge in [-0.05, 0) is 31.6 Å². The Morgan fingerprint density at radius 3 is 2.88 bits per heavy atom. The van der Waals surface area contributed by atoms with Crippen molar-refractivity contribution in [3.63, 3.8) is 0 Å². The summed E-state index contributed by atoms with van der Waals surface area (Å²) in [6.07, 6.45) is 17.7. The maximum absolute atomic E-state index is 12.6. The minimum Gasteiger partial charge on any atom is -0.293 e. The predicted octanol–water partition coefficient (Wildman–Crippen LogP) is 2.69. The number of hydrogen-bond acceptors (Lipinski definition) is 4. The van der Waals surface area contributed by atoms with E-state index >= 15 is 0 Å². The average Bonchev–Trinajstić information content (AvgIpc) is 2.81.